The standard InChI is InChI=1S/C14H24N2O2S/c1-10(9-19-2)16-8-12(17)15-13(14(16)18)11-6-4-3-5-7-11/h10-11,13H,3-9H2,1-2H3,(H,15,17). The predicted octanol–water partition coefficient (Wildman–Crippen LogP) is 1.65. The summed E-state index contributed by atoms with van der Waals surface area (Å²) in [5.74, 6) is 1.36. The van der Waals surface area contributed by atoms with Crippen molar-refractivity contribution in [2.75, 3.05) is 18.6 Å². The van der Waals surface area contributed by atoms with Gasteiger partial charge in [0, 0.05) is 11.8 Å². The van der Waals surface area contributed by atoms with Crippen molar-refractivity contribution < 1.29 is 9.59 Å². The highest BCUT2D eigenvalue weighted by Gasteiger charge is 2.39. The maximum Gasteiger partial charge on any atom is 0.246 e. The van der Waals surface area contributed by atoms with Gasteiger partial charge in [0.1, 0.15) is 6.04 Å². The van der Waals surface area contributed by atoms with Crippen LogP contribution in [-0.2, 0) is 9.59 Å². The van der Waals surface area contributed by atoms with Crippen LogP contribution >= 0.6 is 11.8 Å². The molecule has 2 atom stereocenters. The second-order valence-corrected chi connectivity index (χ2v) is 6.62. The summed E-state index contributed by atoms with van der Waals surface area (Å²) in [6.45, 7) is 2.26. The quantitative estimate of drug-likeness (QED) is 0.854. The zero-order valence-corrected chi connectivity index (χ0v) is 12.7. The van der Waals surface area contributed by atoms with E-state index in [0.29, 0.717) is 5.92 Å². The van der Waals surface area contributed by atoms with Crippen LogP contribution in [0.2, 0.25) is 0 Å². The highest BCUT2D eigenvalue weighted by Crippen LogP contribution is 2.28. The van der Waals surface area contributed by atoms with Crippen LogP contribution in [0.15, 0.2) is 0 Å². The molecule has 1 heterocycles. The van der Waals surface area contributed by atoms with Crippen molar-refractivity contribution in [3.05, 3.63) is 0 Å². The molecule has 1 saturated carbocycles. The van der Waals surface area contributed by atoms with E-state index in [0.717, 1.165) is 18.6 Å². The summed E-state index contributed by atoms with van der Waals surface area (Å²) < 4.78 is 0. The zero-order chi connectivity index (χ0) is 13.8. The highest BCUT2D eigenvalue weighted by molar-refractivity contribution is 7.98. The van der Waals surface area contributed by atoms with Gasteiger partial charge in [-0.05, 0) is 31.9 Å². The average molecular weight is 284 g/mol. The second-order valence-electron chi connectivity index (χ2n) is 5.71. The summed E-state index contributed by atoms with van der Waals surface area (Å²) in [7, 11) is 0. The van der Waals surface area contributed by atoms with Crippen molar-refractivity contribution in [2.45, 2.75) is 51.1 Å². The lowest BCUT2D eigenvalue weighted by atomic mass is 9.82. The van der Waals surface area contributed by atoms with Crippen LogP contribution in [0, 0.1) is 5.92 Å². The average Bonchev–Trinajstić information content (AvgIpc) is 2.42. The van der Waals surface area contributed by atoms with E-state index in [1.807, 2.05) is 13.2 Å². The number of piperazine rings is 1. The Morgan fingerprint density at radius 2 is 2.00 bits per heavy atom. The lowest BCUT2D eigenvalue weighted by Gasteiger charge is -2.40. The van der Waals surface area contributed by atoms with Crippen LogP contribution in [-0.4, -0.2) is 47.4 Å². The molecule has 1 aliphatic heterocycles. The van der Waals surface area contributed by atoms with E-state index in [1.165, 1.54) is 19.3 Å². The minimum absolute atomic E-state index is 0.00289. The topological polar surface area (TPSA) is 49.4 Å². The van der Waals surface area contributed by atoms with Crippen LogP contribution < -0.4 is 5.32 Å². The maximum absolute atomic E-state index is 12.6. The fourth-order valence-electron chi connectivity index (χ4n) is 3.18. The van der Waals surface area contributed by atoms with Crippen LogP contribution in [0.4, 0.5) is 0 Å². The van der Waals surface area contributed by atoms with E-state index >= 15 is 0 Å². The lowest BCUT2D eigenvalue weighted by molar-refractivity contribution is -0.147. The molecular formula is C14H24N2O2S. The van der Waals surface area contributed by atoms with Gasteiger partial charge >= 0.3 is 0 Å². The van der Waals surface area contributed by atoms with Gasteiger partial charge in [0.05, 0.1) is 6.54 Å². The molecule has 0 radical (unpaired) electrons. The first-order valence-electron chi connectivity index (χ1n) is 7.22. The molecule has 2 rings (SSSR count). The van der Waals surface area contributed by atoms with Crippen molar-refractivity contribution in [3.63, 3.8) is 0 Å². The van der Waals surface area contributed by atoms with Crippen molar-refractivity contribution in [2.24, 2.45) is 5.92 Å². The Morgan fingerprint density at radius 1 is 1.32 bits per heavy atom. The van der Waals surface area contributed by atoms with E-state index in [1.54, 1.807) is 16.7 Å². The normalized spacial score (nSPS) is 27.3. The Kier molecular flexibility index (Phi) is 5.13. The predicted molar refractivity (Wildman–Crippen MR) is 78.1 cm³/mol. The molecule has 4 nitrogen and oxygen atoms in total. The van der Waals surface area contributed by atoms with Gasteiger partial charge in [-0.15, -0.1) is 0 Å². The first-order chi connectivity index (χ1) is 9.13. The van der Waals surface area contributed by atoms with E-state index in [9.17, 15) is 9.59 Å². The number of nitrogens with zero attached hydrogens (tertiary/aromatic N) is 1. The summed E-state index contributed by atoms with van der Waals surface area (Å²) in [5.41, 5.74) is 0. The monoisotopic (exact) mass is 284 g/mol. The Balaban J connectivity index is 2.06. The molecule has 0 spiro atoms. The molecule has 0 bridgehead atoms. The van der Waals surface area contributed by atoms with E-state index in [2.05, 4.69) is 5.32 Å². The molecule has 0 aromatic heterocycles. The molecule has 108 valence electrons. The Hall–Kier alpha value is -0.710. The number of hydrogen-bond donors (Lipinski definition) is 1. The fraction of sp³-hybridized carbons (Fsp3) is 0.857. The van der Waals surface area contributed by atoms with Gasteiger partial charge in [0.15, 0.2) is 0 Å². The minimum Gasteiger partial charge on any atom is -0.342 e. The van der Waals surface area contributed by atoms with Crippen molar-refractivity contribution in [3.8, 4) is 0 Å². The second kappa shape index (κ2) is 6.64. The number of amides is 2. The van der Waals surface area contributed by atoms with Crippen molar-refractivity contribution >= 4 is 23.6 Å². The Bertz CT molecular complexity index is 342. The SMILES string of the molecule is CSCC(C)N1CC(=O)NC(C2CCCCC2)C1=O. The largest absolute Gasteiger partial charge is 0.342 e. The molecule has 2 fully saturated rings. The molecule has 5 heteroatoms. The first-order valence-corrected chi connectivity index (χ1v) is 8.61. The maximum atomic E-state index is 12.6. The Labute approximate surface area is 119 Å². The third-order valence-electron chi connectivity index (χ3n) is 4.24. The summed E-state index contributed by atoms with van der Waals surface area (Å²) in [6.07, 6.45) is 7.81. The third kappa shape index (κ3) is 3.44. The fourth-order valence-corrected chi connectivity index (χ4v) is 3.85. The first kappa shape index (κ1) is 14.7. The van der Waals surface area contributed by atoms with Gasteiger partial charge in [-0.3, -0.25) is 9.59 Å². The molecule has 1 aliphatic carbocycles. The van der Waals surface area contributed by atoms with Crippen molar-refractivity contribution in [1.82, 2.24) is 10.2 Å². The van der Waals surface area contributed by atoms with Crippen LogP contribution in [0.25, 0.3) is 0 Å². The zero-order valence-electron chi connectivity index (χ0n) is 11.9. The summed E-state index contributed by atoms with van der Waals surface area (Å²) >= 11 is 1.72. The molecule has 19 heavy (non-hydrogen) atoms. The van der Waals surface area contributed by atoms with E-state index in [4.69, 9.17) is 0 Å². The number of hydrogen-bond acceptors (Lipinski definition) is 3. The molecule has 2 aliphatic rings. The highest BCUT2D eigenvalue weighted by atomic mass is 32.2. The number of rotatable bonds is 4. The van der Waals surface area contributed by atoms with Crippen LogP contribution in [0.3, 0.4) is 0 Å². The Morgan fingerprint density at radius 3 is 2.63 bits per heavy atom. The van der Waals surface area contributed by atoms with Crippen LogP contribution in [0.5, 0.6) is 0 Å². The van der Waals surface area contributed by atoms with Gasteiger partial charge in [0.25, 0.3) is 0 Å². The third-order valence-corrected chi connectivity index (χ3v) is 5.06. The summed E-state index contributed by atoms with van der Waals surface area (Å²) in [5, 5.41) is 2.93. The summed E-state index contributed by atoms with van der Waals surface area (Å²) in [6, 6.07) is -0.134. The molecule has 1 saturated heterocycles. The van der Waals surface area contributed by atoms with E-state index in [-0.39, 0.29) is 30.4 Å². The summed E-state index contributed by atoms with van der Waals surface area (Å²) in [4.78, 5) is 26.2. The van der Waals surface area contributed by atoms with Gasteiger partial charge < -0.3 is 10.2 Å². The molecule has 0 aromatic carbocycles. The smallest absolute Gasteiger partial charge is 0.246 e. The van der Waals surface area contributed by atoms with Gasteiger partial charge in [-0.1, -0.05) is 19.3 Å². The molecular weight excluding hydrogens is 260 g/mol. The van der Waals surface area contributed by atoms with E-state index < -0.39 is 0 Å². The minimum atomic E-state index is -0.272. The molecule has 1 N–H and O–H groups in total. The van der Waals surface area contributed by atoms with Gasteiger partial charge in [-0.25, -0.2) is 0 Å². The van der Waals surface area contributed by atoms with Crippen LogP contribution in [0.1, 0.15) is 39.0 Å². The van der Waals surface area contributed by atoms with Gasteiger partial charge in [-0.2, -0.15) is 11.8 Å². The molecule has 2 amide bonds. The number of carbonyl (C=O) groups excluding carboxylic acids is 2. The number of carbonyl (C=O) groups is 2. The molecule has 0 aromatic rings. The number of nitrogens with one attached hydrogen (secondary N) is 1. The van der Waals surface area contributed by atoms with Crippen molar-refractivity contribution in [1.29, 1.82) is 0 Å². The van der Waals surface area contributed by atoms with Gasteiger partial charge in [0.2, 0.25) is 11.8 Å². The molecule has 2 unspecified atom stereocenters. The number of thioether (sulfide) groups is 1. The lowest BCUT2D eigenvalue weighted by Crippen LogP contribution is -2.62.